The molecule has 8 heteroatoms. The molecule has 0 heterocycles. The summed E-state index contributed by atoms with van der Waals surface area (Å²) >= 11 is 14.1. The van der Waals surface area contributed by atoms with Crippen molar-refractivity contribution in [2.45, 2.75) is 94.5 Å². The number of amides is 2. The number of nitrogens with two attached hydrogens (primary N) is 1. The summed E-state index contributed by atoms with van der Waals surface area (Å²) in [6.07, 6.45) is 9.47. The number of hydrogen-bond donors (Lipinski definition) is 3. The highest BCUT2D eigenvalue weighted by atomic mass is 35.5. The van der Waals surface area contributed by atoms with Crippen molar-refractivity contribution in [1.29, 1.82) is 0 Å². The van der Waals surface area contributed by atoms with Crippen LogP contribution in [0.5, 0.6) is 0 Å². The van der Waals surface area contributed by atoms with Crippen LogP contribution in [0.1, 0.15) is 78.1 Å². The third-order valence-corrected chi connectivity index (χ3v) is 10.6. The van der Waals surface area contributed by atoms with Gasteiger partial charge in [-0.1, -0.05) is 68.8 Å². The van der Waals surface area contributed by atoms with Crippen molar-refractivity contribution in [2.24, 2.45) is 28.9 Å². The van der Waals surface area contributed by atoms with E-state index in [1.54, 1.807) is 0 Å². The highest BCUT2D eigenvalue weighted by Gasteiger charge is 2.50. The number of rotatable bonds is 7. The first-order valence-electron chi connectivity index (χ1n) is 12.7. The van der Waals surface area contributed by atoms with Crippen molar-refractivity contribution in [3.05, 3.63) is 28.2 Å². The van der Waals surface area contributed by atoms with Crippen molar-refractivity contribution in [2.75, 3.05) is 0 Å². The molecule has 0 spiro atoms. The molecule has 5 atom stereocenters. The summed E-state index contributed by atoms with van der Waals surface area (Å²) in [7, 11) is 0. The van der Waals surface area contributed by atoms with E-state index in [4.69, 9.17) is 28.9 Å². The standard InChI is InChI=1S/C26H37Cl2N3O2S/c1-3-17-12-16-13-18(15-25(2,14-16)23(29)32)21(17)30-24(33)26(10-5-4-6-11-26)31-34-22-19(27)8-7-9-20(22)28/h7-9,16-18,21,31H,3-6,10-15H2,1-2H3,(H2,29,32)(H,30,33). The molecule has 0 aliphatic heterocycles. The van der Waals surface area contributed by atoms with E-state index in [1.807, 2.05) is 25.1 Å². The largest absolute Gasteiger partial charge is 0.369 e. The molecular formula is C26H37Cl2N3O2S. The van der Waals surface area contributed by atoms with Gasteiger partial charge in [-0.3, -0.25) is 9.59 Å². The molecule has 5 nitrogen and oxygen atoms in total. The fraction of sp³-hybridized carbons (Fsp3) is 0.692. The van der Waals surface area contributed by atoms with Crippen LogP contribution in [-0.2, 0) is 9.59 Å². The van der Waals surface area contributed by atoms with E-state index in [9.17, 15) is 9.59 Å². The zero-order valence-electron chi connectivity index (χ0n) is 20.2. The van der Waals surface area contributed by atoms with Gasteiger partial charge in [-0.25, -0.2) is 4.72 Å². The highest BCUT2D eigenvalue weighted by Crippen LogP contribution is 2.51. The van der Waals surface area contributed by atoms with E-state index < -0.39 is 11.0 Å². The minimum absolute atomic E-state index is 0.0659. The molecule has 4 rings (SSSR count). The maximum atomic E-state index is 14.0. The number of carbonyl (C=O) groups is 2. The lowest BCUT2D eigenvalue weighted by Crippen LogP contribution is -2.62. The molecule has 3 saturated carbocycles. The Hall–Kier alpha value is -0.950. The van der Waals surface area contributed by atoms with Crippen molar-refractivity contribution >= 4 is 47.0 Å². The lowest BCUT2D eigenvalue weighted by atomic mass is 9.57. The van der Waals surface area contributed by atoms with Crippen LogP contribution in [0.2, 0.25) is 10.0 Å². The van der Waals surface area contributed by atoms with Crippen LogP contribution >= 0.6 is 35.1 Å². The van der Waals surface area contributed by atoms with Crippen LogP contribution in [0.4, 0.5) is 0 Å². The van der Waals surface area contributed by atoms with Crippen molar-refractivity contribution in [3.63, 3.8) is 0 Å². The quantitative estimate of drug-likeness (QED) is 0.374. The summed E-state index contributed by atoms with van der Waals surface area (Å²) in [5.74, 6) is 1.08. The van der Waals surface area contributed by atoms with Crippen LogP contribution in [0.25, 0.3) is 0 Å². The van der Waals surface area contributed by atoms with Crippen molar-refractivity contribution in [3.8, 4) is 0 Å². The molecule has 5 unspecified atom stereocenters. The average Bonchev–Trinajstić information content (AvgIpc) is 2.80. The first-order chi connectivity index (χ1) is 16.2. The molecule has 3 fully saturated rings. The van der Waals surface area contributed by atoms with Crippen LogP contribution in [0, 0.1) is 23.2 Å². The predicted molar refractivity (Wildman–Crippen MR) is 140 cm³/mol. The zero-order chi connectivity index (χ0) is 24.5. The van der Waals surface area contributed by atoms with Gasteiger partial charge in [0.25, 0.3) is 0 Å². The fourth-order valence-electron chi connectivity index (χ4n) is 6.71. The normalized spacial score (nSPS) is 32.7. The van der Waals surface area contributed by atoms with Crippen LogP contribution < -0.4 is 15.8 Å². The minimum atomic E-state index is -0.664. The van der Waals surface area contributed by atoms with Crippen molar-refractivity contribution < 1.29 is 9.59 Å². The van der Waals surface area contributed by atoms with E-state index in [1.165, 1.54) is 11.9 Å². The maximum Gasteiger partial charge on any atom is 0.241 e. The number of hydrogen-bond acceptors (Lipinski definition) is 4. The molecule has 34 heavy (non-hydrogen) atoms. The first-order valence-corrected chi connectivity index (χ1v) is 14.2. The van der Waals surface area contributed by atoms with E-state index in [2.05, 4.69) is 17.0 Å². The van der Waals surface area contributed by atoms with Gasteiger partial charge >= 0.3 is 0 Å². The molecule has 0 saturated heterocycles. The van der Waals surface area contributed by atoms with E-state index in [0.29, 0.717) is 21.9 Å². The summed E-state index contributed by atoms with van der Waals surface area (Å²) in [6.45, 7) is 4.22. The zero-order valence-corrected chi connectivity index (χ0v) is 22.5. The number of carbonyl (C=O) groups excluding carboxylic acids is 2. The van der Waals surface area contributed by atoms with Gasteiger partial charge in [-0.05, 0) is 80.4 Å². The Morgan fingerprint density at radius 1 is 1.12 bits per heavy atom. The average molecular weight is 527 g/mol. The Balaban J connectivity index is 1.54. The van der Waals surface area contributed by atoms with Gasteiger partial charge < -0.3 is 11.1 Å². The number of halogens is 2. The monoisotopic (exact) mass is 525 g/mol. The Morgan fingerprint density at radius 2 is 1.79 bits per heavy atom. The molecule has 0 radical (unpaired) electrons. The minimum Gasteiger partial charge on any atom is -0.369 e. The summed E-state index contributed by atoms with van der Waals surface area (Å²) in [5.41, 5.74) is 4.67. The topological polar surface area (TPSA) is 84.2 Å². The lowest BCUT2D eigenvalue weighted by Gasteiger charge is -2.51. The van der Waals surface area contributed by atoms with E-state index >= 15 is 0 Å². The van der Waals surface area contributed by atoms with Crippen molar-refractivity contribution in [1.82, 2.24) is 10.0 Å². The van der Waals surface area contributed by atoms with Gasteiger partial charge in [-0.2, -0.15) is 0 Å². The Bertz CT molecular complexity index is 903. The predicted octanol–water partition coefficient (Wildman–Crippen LogP) is 6.12. The second kappa shape index (κ2) is 10.6. The van der Waals surface area contributed by atoms with Gasteiger partial charge in [0.15, 0.2) is 0 Å². The van der Waals surface area contributed by atoms with E-state index in [-0.39, 0.29) is 23.8 Å². The number of fused-ring (bicyclic) bond motifs is 2. The highest BCUT2D eigenvalue weighted by molar-refractivity contribution is 7.97. The molecule has 188 valence electrons. The molecule has 2 amide bonds. The molecule has 0 aromatic heterocycles. The van der Waals surface area contributed by atoms with Crippen LogP contribution in [0.15, 0.2) is 23.1 Å². The Labute approximate surface area is 217 Å². The summed E-state index contributed by atoms with van der Waals surface area (Å²) in [6, 6.07) is 5.52. The molecule has 3 aliphatic rings. The number of nitrogens with one attached hydrogen (secondary N) is 2. The Kier molecular flexibility index (Phi) is 8.13. The summed E-state index contributed by atoms with van der Waals surface area (Å²) in [4.78, 5) is 27.0. The third-order valence-electron chi connectivity index (χ3n) is 8.57. The van der Waals surface area contributed by atoms with Gasteiger partial charge in [0.1, 0.15) is 5.54 Å². The van der Waals surface area contributed by atoms with Gasteiger partial charge in [0.2, 0.25) is 11.8 Å². The van der Waals surface area contributed by atoms with Crippen LogP contribution in [0.3, 0.4) is 0 Å². The molecule has 4 N–H and O–H groups in total. The molecule has 1 aromatic carbocycles. The van der Waals surface area contributed by atoms with Crippen LogP contribution in [-0.4, -0.2) is 23.4 Å². The molecule has 1 aromatic rings. The smallest absolute Gasteiger partial charge is 0.241 e. The first kappa shape index (κ1) is 26.1. The number of primary amides is 1. The SMILES string of the molecule is CCC1CC2CC(CC(C)(C(N)=O)C2)C1NC(=O)C1(NSc2c(Cl)cccc2Cl)CCCCC1. The summed E-state index contributed by atoms with van der Waals surface area (Å²) < 4.78 is 3.51. The van der Waals surface area contributed by atoms with E-state index in [0.717, 1.165) is 69.1 Å². The molecule has 2 bridgehead atoms. The second-order valence-electron chi connectivity index (χ2n) is 11.0. The maximum absolute atomic E-state index is 14.0. The lowest BCUT2D eigenvalue weighted by molar-refractivity contribution is -0.135. The third kappa shape index (κ3) is 5.25. The Morgan fingerprint density at radius 3 is 2.41 bits per heavy atom. The van der Waals surface area contributed by atoms with Gasteiger partial charge in [-0.15, -0.1) is 0 Å². The second-order valence-corrected chi connectivity index (χ2v) is 12.6. The number of benzene rings is 1. The molecule has 3 aliphatic carbocycles. The molecular weight excluding hydrogens is 489 g/mol. The van der Waals surface area contributed by atoms with Gasteiger partial charge in [0, 0.05) is 11.5 Å². The fourth-order valence-corrected chi connectivity index (χ4v) is 8.27. The summed E-state index contributed by atoms with van der Waals surface area (Å²) in [5, 5.41) is 4.65. The van der Waals surface area contributed by atoms with Gasteiger partial charge in [0.05, 0.1) is 14.9 Å².